The number of hydrogen-bond acceptors (Lipinski definition) is 5. The number of halogens is 2. The summed E-state index contributed by atoms with van der Waals surface area (Å²) in [7, 11) is 0. The van der Waals surface area contributed by atoms with Gasteiger partial charge < -0.3 is 10.6 Å². The molecule has 2 rings (SSSR count). The number of aromatic nitrogens is 2. The van der Waals surface area contributed by atoms with E-state index >= 15 is 0 Å². The summed E-state index contributed by atoms with van der Waals surface area (Å²) in [6.07, 6.45) is -1.01. The Bertz CT molecular complexity index is 529. The van der Waals surface area contributed by atoms with E-state index in [0.29, 0.717) is 18.9 Å². The molecule has 0 aromatic carbocycles. The second-order valence-corrected chi connectivity index (χ2v) is 4.80. The van der Waals surface area contributed by atoms with Gasteiger partial charge in [0.2, 0.25) is 0 Å². The zero-order valence-corrected chi connectivity index (χ0v) is 10.8. The number of nitrogens with two attached hydrogens (primary N) is 1. The maximum absolute atomic E-state index is 12.6. The minimum atomic E-state index is -2.41. The first-order valence-electron chi connectivity index (χ1n) is 5.55. The summed E-state index contributed by atoms with van der Waals surface area (Å²) < 4.78 is 26.0. The van der Waals surface area contributed by atoms with Crippen molar-refractivity contribution in [2.45, 2.75) is 13.3 Å². The molecule has 98 valence electrons. The van der Waals surface area contributed by atoms with E-state index in [1.165, 1.54) is 22.6 Å². The van der Waals surface area contributed by atoms with Gasteiger partial charge in [-0.2, -0.15) is 0 Å². The number of hydrogen-bond donors (Lipinski definition) is 1. The zero-order valence-electron chi connectivity index (χ0n) is 9.94. The Morgan fingerprint density at radius 3 is 2.89 bits per heavy atom. The lowest BCUT2D eigenvalue weighted by atomic mass is 10.3. The topological polar surface area (TPSA) is 55.0 Å². The molecule has 2 aromatic rings. The van der Waals surface area contributed by atoms with Gasteiger partial charge >= 0.3 is 0 Å². The monoisotopic (exact) mass is 272 g/mol. The van der Waals surface area contributed by atoms with Gasteiger partial charge in [-0.25, -0.2) is 18.7 Å². The molecular weight excluding hydrogens is 258 g/mol. The van der Waals surface area contributed by atoms with Gasteiger partial charge in [-0.3, -0.25) is 0 Å². The molecule has 0 atom stereocenters. The van der Waals surface area contributed by atoms with Gasteiger partial charge in [0.25, 0.3) is 6.43 Å². The summed E-state index contributed by atoms with van der Waals surface area (Å²) in [5.74, 6) is 0.545. The van der Waals surface area contributed by atoms with Gasteiger partial charge in [0.05, 0.1) is 16.8 Å². The molecule has 0 aliphatic rings. The minimum Gasteiger partial charge on any atom is -0.348 e. The molecule has 18 heavy (non-hydrogen) atoms. The third kappa shape index (κ3) is 2.56. The fraction of sp³-hybridized carbons (Fsp3) is 0.455. The van der Waals surface area contributed by atoms with Crippen molar-refractivity contribution in [3.8, 4) is 0 Å². The molecule has 0 aliphatic heterocycles. The number of rotatable bonds is 5. The normalized spacial score (nSPS) is 11.4. The van der Waals surface area contributed by atoms with Crippen molar-refractivity contribution in [2.75, 3.05) is 24.5 Å². The van der Waals surface area contributed by atoms with Gasteiger partial charge in [0.15, 0.2) is 0 Å². The molecule has 0 bridgehead atoms. The Morgan fingerprint density at radius 2 is 2.22 bits per heavy atom. The molecule has 4 nitrogen and oxygen atoms in total. The third-order valence-electron chi connectivity index (χ3n) is 2.57. The van der Waals surface area contributed by atoms with Gasteiger partial charge in [-0.1, -0.05) is 0 Å². The molecule has 0 fully saturated rings. The fourth-order valence-electron chi connectivity index (χ4n) is 1.79. The summed E-state index contributed by atoms with van der Waals surface area (Å²) in [6, 6.07) is 0. The molecule has 0 saturated heterocycles. The number of anilines is 1. The molecule has 2 N–H and O–H groups in total. The first-order valence-corrected chi connectivity index (χ1v) is 6.43. The summed E-state index contributed by atoms with van der Waals surface area (Å²) >= 11 is 1.47. The van der Waals surface area contributed by atoms with Crippen molar-refractivity contribution in [3.05, 3.63) is 17.3 Å². The summed E-state index contributed by atoms with van der Waals surface area (Å²) in [6.45, 7) is 2.24. The first-order chi connectivity index (χ1) is 8.63. The van der Waals surface area contributed by atoms with Crippen LogP contribution < -0.4 is 10.6 Å². The molecule has 0 radical (unpaired) electrons. The van der Waals surface area contributed by atoms with Crippen molar-refractivity contribution in [3.63, 3.8) is 0 Å². The van der Waals surface area contributed by atoms with E-state index in [9.17, 15) is 8.78 Å². The van der Waals surface area contributed by atoms with E-state index in [4.69, 9.17) is 5.73 Å². The number of thiophene rings is 1. The molecule has 7 heteroatoms. The highest BCUT2D eigenvalue weighted by atomic mass is 32.1. The highest BCUT2D eigenvalue weighted by Gasteiger charge is 2.17. The molecule has 2 heterocycles. The number of fused-ring (bicyclic) bond motifs is 1. The highest BCUT2D eigenvalue weighted by molar-refractivity contribution is 7.18. The van der Waals surface area contributed by atoms with Crippen molar-refractivity contribution in [1.82, 2.24) is 9.97 Å². The Labute approximate surface area is 107 Å². The van der Waals surface area contributed by atoms with Crippen LogP contribution in [0, 0.1) is 6.92 Å². The maximum Gasteiger partial charge on any atom is 0.255 e. The predicted octanol–water partition coefficient (Wildman–Crippen LogP) is 2.03. The van der Waals surface area contributed by atoms with Crippen LogP contribution in [0.2, 0.25) is 0 Å². The highest BCUT2D eigenvalue weighted by Crippen LogP contribution is 2.30. The average Bonchev–Trinajstić information content (AvgIpc) is 2.70. The lowest BCUT2D eigenvalue weighted by molar-refractivity contribution is 0.155. The van der Waals surface area contributed by atoms with Crippen LogP contribution in [0.1, 0.15) is 5.56 Å². The minimum absolute atomic E-state index is 0.308. The maximum atomic E-state index is 12.6. The smallest absolute Gasteiger partial charge is 0.255 e. The molecule has 0 spiro atoms. The van der Waals surface area contributed by atoms with E-state index in [2.05, 4.69) is 9.97 Å². The lowest BCUT2D eigenvalue weighted by Crippen LogP contribution is -2.34. The fourth-order valence-corrected chi connectivity index (χ4v) is 2.81. The van der Waals surface area contributed by atoms with Gasteiger partial charge in [-0.15, -0.1) is 11.3 Å². The molecule has 0 amide bonds. The van der Waals surface area contributed by atoms with Crippen LogP contribution in [0.25, 0.3) is 10.2 Å². The van der Waals surface area contributed by atoms with E-state index in [0.717, 1.165) is 15.8 Å². The van der Waals surface area contributed by atoms with Crippen LogP contribution in [-0.4, -0.2) is 36.0 Å². The number of nitrogens with zero attached hydrogens (tertiary/aromatic N) is 3. The predicted molar refractivity (Wildman–Crippen MR) is 69.4 cm³/mol. The quantitative estimate of drug-likeness (QED) is 0.905. The van der Waals surface area contributed by atoms with Crippen molar-refractivity contribution < 1.29 is 8.78 Å². The first kappa shape index (κ1) is 13.1. The average molecular weight is 272 g/mol. The molecular formula is C11H14F2N4S. The summed E-state index contributed by atoms with van der Waals surface area (Å²) in [5.41, 5.74) is 7.32. The van der Waals surface area contributed by atoms with E-state index < -0.39 is 6.43 Å². The van der Waals surface area contributed by atoms with Gasteiger partial charge in [0, 0.05) is 13.1 Å². The molecule has 2 aromatic heterocycles. The van der Waals surface area contributed by atoms with E-state index in [1.807, 2.05) is 12.3 Å². The number of alkyl halides is 2. The Kier molecular flexibility index (Phi) is 4.03. The van der Waals surface area contributed by atoms with Crippen molar-refractivity contribution in [1.29, 1.82) is 0 Å². The summed E-state index contributed by atoms with van der Waals surface area (Å²) in [4.78, 5) is 9.82. The summed E-state index contributed by atoms with van der Waals surface area (Å²) in [5, 5.41) is 1.95. The molecule has 0 unspecified atom stereocenters. The molecule has 0 aliphatic carbocycles. The zero-order chi connectivity index (χ0) is 13.1. The van der Waals surface area contributed by atoms with Crippen LogP contribution >= 0.6 is 11.3 Å². The van der Waals surface area contributed by atoms with Crippen LogP contribution in [0.3, 0.4) is 0 Å². The van der Waals surface area contributed by atoms with Crippen LogP contribution in [0.15, 0.2) is 11.7 Å². The second kappa shape index (κ2) is 5.53. The van der Waals surface area contributed by atoms with Crippen LogP contribution in [0.5, 0.6) is 0 Å². The standard InChI is InChI=1S/C11H14F2N4S/c1-7-5-18-10-9(7)15-6-16-11(10)17(3-2-14)4-8(12)13/h5-6,8H,2-4,14H2,1H3. The Morgan fingerprint density at radius 1 is 1.44 bits per heavy atom. The lowest BCUT2D eigenvalue weighted by Gasteiger charge is -2.22. The van der Waals surface area contributed by atoms with Crippen LogP contribution in [0.4, 0.5) is 14.6 Å². The van der Waals surface area contributed by atoms with Crippen molar-refractivity contribution in [2.24, 2.45) is 5.73 Å². The SMILES string of the molecule is Cc1csc2c(N(CCN)CC(F)F)ncnc12. The van der Waals surface area contributed by atoms with Crippen molar-refractivity contribution >= 4 is 27.4 Å². The third-order valence-corrected chi connectivity index (χ3v) is 3.65. The molecule has 0 saturated carbocycles. The Balaban J connectivity index is 2.43. The van der Waals surface area contributed by atoms with Gasteiger partial charge in [0.1, 0.15) is 12.1 Å². The van der Waals surface area contributed by atoms with E-state index in [1.54, 1.807) is 0 Å². The largest absolute Gasteiger partial charge is 0.348 e. The van der Waals surface area contributed by atoms with Gasteiger partial charge in [-0.05, 0) is 17.9 Å². The van der Waals surface area contributed by atoms with Crippen LogP contribution in [-0.2, 0) is 0 Å². The van der Waals surface area contributed by atoms with E-state index in [-0.39, 0.29) is 6.54 Å². The Hall–Kier alpha value is -1.34. The number of aryl methyl sites for hydroxylation is 1. The second-order valence-electron chi connectivity index (χ2n) is 3.92.